The largest absolute Gasteiger partial charge is 0.368 e. The van der Waals surface area contributed by atoms with E-state index in [4.69, 9.17) is 52.1 Å². The van der Waals surface area contributed by atoms with Crippen LogP contribution in [0.5, 0.6) is 0 Å². The molecule has 0 saturated carbocycles. The summed E-state index contributed by atoms with van der Waals surface area (Å²) in [6, 6.07) is 29.9. The molecule has 0 bridgehead atoms. The summed E-state index contributed by atoms with van der Waals surface area (Å²) in [6.07, 6.45) is -6.73. The highest BCUT2D eigenvalue weighted by molar-refractivity contribution is 5.18. The predicted molar refractivity (Wildman–Crippen MR) is 177 cm³/mol. The van der Waals surface area contributed by atoms with Gasteiger partial charge in [-0.2, -0.15) is 0 Å². The van der Waals surface area contributed by atoms with Crippen LogP contribution in [-0.4, -0.2) is 86.2 Å². The molecule has 0 amide bonds. The third-order valence-corrected chi connectivity index (χ3v) is 9.64. The van der Waals surface area contributed by atoms with Gasteiger partial charge in [0.05, 0.1) is 26.4 Å². The highest BCUT2D eigenvalue weighted by Crippen LogP contribution is 2.44. The highest BCUT2D eigenvalue weighted by atomic mass is 16.9. The molecule has 11 atom stereocenters. The lowest BCUT2D eigenvalue weighted by Gasteiger charge is -2.49. The molecule has 5 aliphatic heterocycles. The average Bonchev–Trinajstić information content (AvgIpc) is 3.75. The lowest BCUT2D eigenvalue weighted by Crippen LogP contribution is -2.64. The first-order valence-corrected chi connectivity index (χ1v) is 17.5. The molecule has 268 valence electrons. The van der Waals surface area contributed by atoms with Gasteiger partial charge >= 0.3 is 0 Å². The van der Waals surface area contributed by atoms with E-state index in [0.717, 1.165) is 16.7 Å². The molecule has 8 rings (SSSR count). The number of fused-ring (bicyclic) bond motifs is 2. The molecule has 5 aliphatic rings. The Bertz CT molecular complexity index is 1540. The Labute approximate surface area is 292 Å². The molecule has 50 heavy (non-hydrogen) atoms. The molecule has 0 N–H and O–H groups in total. The number of ether oxygens (including phenoxy) is 11. The van der Waals surface area contributed by atoms with Crippen molar-refractivity contribution in [3.63, 3.8) is 0 Å². The van der Waals surface area contributed by atoms with Crippen molar-refractivity contribution in [3.8, 4) is 0 Å². The number of hydrogen-bond donors (Lipinski definition) is 0. The SMILES string of the molecule is CC1(C)O[C@H]2O[C@H]([C@H]3COC(C)(C)O3)[C@H](O[C@@H]3O[C@@H]4CO[C@@H](c5ccccc5)O[C@H]4[C@H](OCc4ccccc4)[C@@H]3OCc3ccccc3)[C@H]2O1. The lowest BCUT2D eigenvalue weighted by atomic mass is 9.96. The highest BCUT2D eigenvalue weighted by Gasteiger charge is 2.61. The molecule has 0 spiro atoms. The minimum atomic E-state index is -0.918. The summed E-state index contributed by atoms with van der Waals surface area (Å²) >= 11 is 0. The molecule has 5 heterocycles. The Morgan fingerprint density at radius 3 is 1.84 bits per heavy atom. The van der Waals surface area contributed by atoms with Crippen molar-refractivity contribution in [2.45, 2.75) is 120 Å². The van der Waals surface area contributed by atoms with Gasteiger partial charge in [0.15, 0.2) is 30.4 Å². The first kappa shape index (κ1) is 34.3. The van der Waals surface area contributed by atoms with Crippen LogP contribution in [0.15, 0.2) is 91.0 Å². The van der Waals surface area contributed by atoms with E-state index in [0.29, 0.717) is 19.8 Å². The van der Waals surface area contributed by atoms with Crippen LogP contribution in [0.4, 0.5) is 0 Å². The van der Waals surface area contributed by atoms with Gasteiger partial charge in [0.25, 0.3) is 0 Å². The maximum Gasteiger partial charge on any atom is 0.190 e. The minimum Gasteiger partial charge on any atom is -0.368 e. The smallest absolute Gasteiger partial charge is 0.190 e. The summed E-state index contributed by atoms with van der Waals surface area (Å²) in [5, 5.41) is 0. The Morgan fingerprint density at radius 2 is 1.20 bits per heavy atom. The summed E-state index contributed by atoms with van der Waals surface area (Å²) in [7, 11) is 0. The molecular weight excluding hydrogens is 644 g/mol. The van der Waals surface area contributed by atoms with Gasteiger partial charge in [-0.05, 0) is 38.8 Å². The molecule has 11 heteroatoms. The van der Waals surface area contributed by atoms with Crippen LogP contribution >= 0.6 is 0 Å². The maximum atomic E-state index is 6.99. The van der Waals surface area contributed by atoms with Crippen LogP contribution < -0.4 is 0 Å². The van der Waals surface area contributed by atoms with Gasteiger partial charge in [-0.3, -0.25) is 0 Å². The number of hydrogen-bond acceptors (Lipinski definition) is 11. The van der Waals surface area contributed by atoms with Gasteiger partial charge in [-0.15, -0.1) is 0 Å². The monoisotopic (exact) mass is 690 g/mol. The zero-order valence-electron chi connectivity index (χ0n) is 28.8. The van der Waals surface area contributed by atoms with Crippen LogP contribution in [0.3, 0.4) is 0 Å². The standard InChI is InChI=1S/C39H46O11/c1-38(2)43-23-28(48-38)30-32(34-37(46-30)50-39(3,4)49-34)47-36-33(41-21-25-16-10-6-11-17-25)31(40-20-24-14-8-5-9-15-24)29-27(44-36)22-42-35(45-29)26-18-12-7-13-19-26/h5-19,27-37H,20-23H2,1-4H3/t27-,28-,29-,30-,31+,32+,33+,34-,35-,36+,37-/m1/s1. The molecule has 5 saturated heterocycles. The van der Waals surface area contributed by atoms with E-state index >= 15 is 0 Å². The van der Waals surface area contributed by atoms with Crippen molar-refractivity contribution in [2.75, 3.05) is 13.2 Å². The van der Waals surface area contributed by atoms with Crippen LogP contribution in [0.1, 0.15) is 50.7 Å². The Hall–Kier alpha value is -2.78. The van der Waals surface area contributed by atoms with Crippen molar-refractivity contribution in [3.05, 3.63) is 108 Å². The van der Waals surface area contributed by atoms with Gasteiger partial charge in [0.1, 0.15) is 48.8 Å². The minimum absolute atomic E-state index is 0.262. The molecule has 0 radical (unpaired) electrons. The second kappa shape index (κ2) is 14.3. The van der Waals surface area contributed by atoms with Crippen molar-refractivity contribution < 1.29 is 52.1 Å². The van der Waals surface area contributed by atoms with Crippen molar-refractivity contribution in [1.82, 2.24) is 0 Å². The van der Waals surface area contributed by atoms with E-state index in [1.807, 2.05) is 119 Å². The molecular formula is C39H46O11. The molecule has 3 aromatic rings. The van der Waals surface area contributed by atoms with Crippen LogP contribution in [0, 0.1) is 0 Å². The number of rotatable bonds is 10. The Morgan fingerprint density at radius 1 is 0.580 bits per heavy atom. The van der Waals surface area contributed by atoms with Gasteiger partial charge in [-0.25, -0.2) is 0 Å². The zero-order valence-corrected chi connectivity index (χ0v) is 28.8. The van der Waals surface area contributed by atoms with E-state index in [-0.39, 0.29) is 6.61 Å². The van der Waals surface area contributed by atoms with Gasteiger partial charge in [0.2, 0.25) is 0 Å². The van der Waals surface area contributed by atoms with E-state index in [9.17, 15) is 0 Å². The van der Waals surface area contributed by atoms with E-state index < -0.39 is 79.3 Å². The van der Waals surface area contributed by atoms with E-state index in [2.05, 4.69) is 0 Å². The first-order chi connectivity index (χ1) is 24.2. The van der Waals surface area contributed by atoms with Crippen LogP contribution in [0.2, 0.25) is 0 Å². The fourth-order valence-corrected chi connectivity index (χ4v) is 7.33. The van der Waals surface area contributed by atoms with Gasteiger partial charge in [-0.1, -0.05) is 91.0 Å². The van der Waals surface area contributed by atoms with Crippen molar-refractivity contribution >= 4 is 0 Å². The van der Waals surface area contributed by atoms with Gasteiger partial charge in [0, 0.05) is 5.56 Å². The first-order valence-electron chi connectivity index (χ1n) is 17.5. The molecule has 0 aromatic heterocycles. The molecule has 5 fully saturated rings. The maximum absolute atomic E-state index is 6.99. The Kier molecular flexibility index (Phi) is 9.83. The van der Waals surface area contributed by atoms with Crippen LogP contribution in [-0.2, 0) is 65.3 Å². The second-order valence-corrected chi connectivity index (χ2v) is 14.3. The molecule has 11 nitrogen and oxygen atoms in total. The third kappa shape index (κ3) is 7.41. The summed E-state index contributed by atoms with van der Waals surface area (Å²) in [5.41, 5.74) is 2.93. The van der Waals surface area contributed by atoms with Gasteiger partial charge < -0.3 is 52.1 Å². The fourth-order valence-electron chi connectivity index (χ4n) is 7.33. The lowest BCUT2D eigenvalue weighted by molar-refractivity contribution is -0.381. The summed E-state index contributed by atoms with van der Waals surface area (Å²) in [5.74, 6) is -1.63. The van der Waals surface area contributed by atoms with Crippen molar-refractivity contribution in [1.29, 1.82) is 0 Å². The average molecular weight is 691 g/mol. The quantitative estimate of drug-likeness (QED) is 0.273. The molecule has 3 aromatic carbocycles. The summed E-state index contributed by atoms with van der Waals surface area (Å²) < 4.78 is 71.5. The normalized spacial score (nSPS) is 37.3. The summed E-state index contributed by atoms with van der Waals surface area (Å²) in [6.45, 7) is 8.71. The number of benzene rings is 3. The predicted octanol–water partition coefficient (Wildman–Crippen LogP) is 5.41. The zero-order chi connectivity index (χ0) is 34.3. The molecule has 0 aliphatic carbocycles. The third-order valence-electron chi connectivity index (χ3n) is 9.64. The van der Waals surface area contributed by atoms with E-state index in [1.54, 1.807) is 0 Å². The van der Waals surface area contributed by atoms with E-state index in [1.165, 1.54) is 0 Å². The summed E-state index contributed by atoms with van der Waals surface area (Å²) in [4.78, 5) is 0. The molecule has 0 unspecified atom stereocenters. The topological polar surface area (TPSA) is 102 Å². The van der Waals surface area contributed by atoms with Crippen LogP contribution in [0.25, 0.3) is 0 Å². The van der Waals surface area contributed by atoms with Crippen molar-refractivity contribution in [2.24, 2.45) is 0 Å². The fraction of sp³-hybridized carbons (Fsp3) is 0.538. The Balaban J connectivity index is 1.12. The second-order valence-electron chi connectivity index (χ2n) is 14.3.